The molecule has 0 radical (unpaired) electrons. The third-order valence-corrected chi connectivity index (χ3v) is 10.3. The molecule has 2 aromatic heterocycles. The van der Waals surface area contributed by atoms with Crippen LogP contribution in [0, 0.1) is 0 Å². The van der Waals surface area contributed by atoms with Gasteiger partial charge in [-0.05, 0) is 45.8 Å². The van der Waals surface area contributed by atoms with Gasteiger partial charge in [0, 0.05) is 33.1 Å². The van der Waals surface area contributed by atoms with Gasteiger partial charge in [0.1, 0.15) is 5.01 Å². The van der Waals surface area contributed by atoms with Crippen LogP contribution in [-0.4, -0.2) is 19.9 Å². The van der Waals surface area contributed by atoms with Crippen LogP contribution in [0.5, 0.6) is 0 Å². The van der Waals surface area contributed by atoms with Gasteiger partial charge >= 0.3 is 0 Å². The van der Waals surface area contributed by atoms with Gasteiger partial charge in [-0.15, -0.1) is 11.3 Å². The Morgan fingerprint density at radius 2 is 1.07 bits per heavy atom. The number of fused-ring (bicyclic) bond motifs is 6. The van der Waals surface area contributed by atoms with Crippen LogP contribution in [0.2, 0.25) is 0 Å². The molecule has 0 unspecified atom stereocenters. The maximum absolute atomic E-state index is 5.13. The summed E-state index contributed by atoms with van der Waals surface area (Å²) >= 11 is 1.73. The lowest BCUT2D eigenvalue weighted by molar-refractivity contribution is 0.660. The van der Waals surface area contributed by atoms with Gasteiger partial charge in [0.15, 0.2) is 17.5 Å². The van der Waals surface area contributed by atoms with E-state index in [9.17, 15) is 0 Å². The first-order valence-corrected chi connectivity index (χ1v) is 16.3. The number of rotatable bonds is 4. The smallest absolute Gasteiger partial charge is 0.164 e. The van der Waals surface area contributed by atoms with Crippen molar-refractivity contribution in [3.63, 3.8) is 0 Å². The van der Waals surface area contributed by atoms with Crippen molar-refractivity contribution in [3.05, 3.63) is 145 Å². The van der Waals surface area contributed by atoms with Crippen LogP contribution in [0.15, 0.2) is 133 Å². The molecule has 2 heterocycles. The largest absolute Gasteiger partial charge is 0.236 e. The van der Waals surface area contributed by atoms with Crippen molar-refractivity contribution in [2.24, 2.45) is 0 Å². The van der Waals surface area contributed by atoms with E-state index in [2.05, 4.69) is 123 Å². The summed E-state index contributed by atoms with van der Waals surface area (Å²) in [4.78, 5) is 20.2. The maximum Gasteiger partial charge on any atom is 0.164 e. The average Bonchev–Trinajstić information content (AvgIpc) is 3.66. The Bertz CT molecular complexity index is 2450. The van der Waals surface area contributed by atoms with Gasteiger partial charge in [-0.25, -0.2) is 19.9 Å². The molecule has 8 aromatic rings. The molecule has 0 N–H and O–H groups in total. The van der Waals surface area contributed by atoms with Gasteiger partial charge in [-0.2, -0.15) is 0 Å². The average molecular weight is 609 g/mol. The van der Waals surface area contributed by atoms with Crippen LogP contribution in [0.25, 0.3) is 76.9 Å². The Morgan fingerprint density at radius 1 is 0.478 bits per heavy atom. The number of nitrogens with zero attached hydrogens (tertiary/aromatic N) is 4. The van der Waals surface area contributed by atoms with Crippen molar-refractivity contribution < 1.29 is 0 Å². The zero-order valence-corrected chi connectivity index (χ0v) is 26.2. The van der Waals surface area contributed by atoms with E-state index < -0.39 is 0 Å². The van der Waals surface area contributed by atoms with Crippen molar-refractivity contribution in [1.29, 1.82) is 0 Å². The van der Waals surface area contributed by atoms with E-state index in [4.69, 9.17) is 19.9 Å². The first-order chi connectivity index (χ1) is 22.5. The fourth-order valence-electron chi connectivity index (χ4n) is 6.74. The van der Waals surface area contributed by atoms with E-state index >= 15 is 0 Å². The normalized spacial score (nSPS) is 13.2. The summed E-state index contributed by atoms with van der Waals surface area (Å²) in [7, 11) is 0. The van der Waals surface area contributed by atoms with E-state index in [0.29, 0.717) is 17.5 Å². The van der Waals surface area contributed by atoms with E-state index in [1.807, 2.05) is 24.3 Å². The highest BCUT2D eigenvalue weighted by atomic mass is 32.1. The molecule has 0 saturated heterocycles. The Labute approximate surface area is 271 Å². The third-order valence-electron chi connectivity index (χ3n) is 9.16. The SMILES string of the molecule is CC1(C)c2ccccc2-c2ccc(-c3nc(-c4ccccc4)nc(-c4ccc5ccc6nc(-c7ccccc7)sc6c5c4)n3)cc21. The van der Waals surface area contributed by atoms with Crippen LogP contribution in [-0.2, 0) is 5.41 Å². The summed E-state index contributed by atoms with van der Waals surface area (Å²) in [6.07, 6.45) is 0. The quantitative estimate of drug-likeness (QED) is 0.199. The van der Waals surface area contributed by atoms with Gasteiger partial charge in [0.05, 0.1) is 10.2 Å². The first-order valence-electron chi connectivity index (χ1n) is 15.5. The molecule has 9 rings (SSSR count). The summed E-state index contributed by atoms with van der Waals surface area (Å²) in [6.45, 7) is 4.60. The molecule has 6 aromatic carbocycles. The van der Waals surface area contributed by atoms with Crippen LogP contribution >= 0.6 is 11.3 Å². The molecule has 0 bridgehead atoms. The molecule has 0 spiro atoms. The summed E-state index contributed by atoms with van der Waals surface area (Å²) in [5.74, 6) is 1.98. The number of thiazole rings is 1. The molecule has 0 aliphatic heterocycles. The van der Waals surface area contributed by atoms with Crippen molar-refractivity contribution in [1.82, 2.24) is 19.9 Å². The topological polar surface area (TPSA) is 51.6 Å². The third kappa shape index (κ3) is 4.27. The van der Waals surface area contributed by atoms with Crippen molar-refractivity contribution in [3.8, 4) is 55.9 Å². The predicted octanol–water partition coefficient (Wildman–Crippen LogP) is 10.6. The lowest BCUT2D eigenvalue weighted by Gasteiger charge is -2.21. The minimum Gasteiger partial charge on any atom is -0.236 e. The second kappa shape index (κ2) is 10.3. The highest BCUT2D eigenvalue weighted by Gasteiger charge is 2.35. The molecule has 4 nitrogen and oxygen atoms in total. The zero-order chi connectivity index (χ0) is 30.8. The molecular weight excluding hydrogens is 581 g/mol. The van der Waals surface area contributed by atoms with Gasteiger partial charge in [-0.3, -0.25) is 0 Å². The molecular formula is C41H28N4S. The van der Waals surface area contributed by atoms with E-state index in [0.717, 1.165) is 48.3 Å². The van der Waals surface area contributed by atoms with E-state index in [-0.39, 0.29) is 5.41 Å². The fraction of sp³-hybridized carbons (Fsp3) is 0.0732. The Kier molecular flexibility index (Phi) is 5.99. The maximum atomic E-state index is 5.13. The number of benzene rings is 6. The lowest BCUT2D eigenvalue weighted by Crippen LogP contribution is -2.15. The Balaban J connectivity index is 1.21. The monoisotopic (exact) mass is 608 g/mol. The molecule has 46 heavy (non-hydrogen) atoms. The molecule has 0 fully saturated rings. The van der Waals surface area contributed by atoms with E-state index in [1.54, 1.807) is 11.3 Å². The van der Waals surface area contributed by atoms with Gasteiger partial charge in [0.25, 0.3) is 0 Å². The molecule has 0 amide bonds. The van der Waals surface area contributed by atoms with Gasteiger partial charge in [0.2, 0.25) is 0 Å². The lowest BCUT2D eigenvalue weighted by atomic mass is 9.82. The fourth-order valence-corrected chi connectivity index (χ4v) is 7.84. The summed E-state index contributed by atoms with van der Waals surface area (Å²) in [5, 5.41) is 3.33. The van der Waals surface area contributed by atoms with Gasteiger partial charge in [-0.1, -0.05) is 129 Å². The molecule has 1 aliphatic rings. The summed E-state index contributed by atoms with van der Waals surface area (Å²) in [6, 6.07) is 46.6. The number of hydrogen-bond donors (Lipinski definition) is 0. The predicted molar refractivity (Wildman–Crippen MR) is 190 cm³/mol. The summed E-state index contributed by atoms with van der Waals surface area (Å²) in [5.41, 5.74) is 10.1. The van der Waals surface area contributed by atoms with Crippen LogP contribution in [0.3, 0.4) is 0 Å². The van der Waals surface area contributed by atoms with E-state index in [1.165, 1.54) is 22.3 Å². The standard InChI is InChI=1S/C41H28N4S/c1-41(2)33-16-10-9-15-30(33)31-21-19-29(24-34(31)41)39-44-37(26-11-5-3-6-12-26)43-38(45-39)28-18-17-25-20-22-35-36(32(25)23-28)46-40(42-35)27-13-7-4-8-14-27/h3-24H,1-2H3. The molecule has 0 atom stereocenters. The Hall–Kier alpha value is -5.52. The minimum atomic E-state index is -0.114. The van der Waals surface area contributed by atoms with Crippen molar-refractivity contribution >= 4 is 32.3 Å². The summed E-state index contributed by atoms with van der Waals surface area (Å²) < 4.78 is 1.16. The van der Waals surface area contributed by atoms with Crippen LogP contribution in [0.1, 0.15) is 25.0 Å². The molecule has 5 heteroatoms. The van der Waals surface area contributed by atoms with Crippen LogP contribution < -0.4 is 0 Å². The first kappa shape index (κ1) is 26.8. The minimum absolute atomic E-state index is 0.114. The Morgan fingerprint density at radius 3 is 1.83 bits per heavy atom. The van der Waals surface area contributed by atoms with Gasteiger partial charge < -0.3 is 0 Å². The molecule has 1 aliphatic carbocycles. The van der Waals surface area contributed by atoms with Crippen molar-refractivity contribution in [2.75, 3.05) is 0 Å². The molecule has 218 valence electrons. The highest BCUT2D eigenvalue weighted by molar-refractivity contribution is 7.22. The highest BCUT2D eigenvalue weighted by Crippen LogP contribution is 2.49. The number of hydrogen-bond acceptors (Lipinski definition) is 5. The van der Waals surface area contributed by atoms with Crippen LogP contribution in [0.4, 0.5) is 0 Å². The molecule has 0 saturated carbocycles. The number of aromatic nitrogens is 4. The van der Waals surface area contributed by atoms with Crippen molar-refractivity contribution in [2.45, 2.75) is 19.3 Å². The second-order valence-electron chi connectivity index (χ2n) is 12.3. The zero-order valence-electron chi connectivity index (χ0n) is 25.4. The second-order valence-corrected chi connectivity index (χ2v) is 13.3.